The Labute approximate surface area is 172 Å². The van der Waals surface area contributed by atoms with Crippen molar-refractivity contribution in [3.63, 3.8) is 0 Å². The van der Waals surface area contributed by atoms with E-state index in [-0.39, 0.29) is 18.5 Å². The summed E-state index contributed by atoms with van der Waals surface area (Å²) in [5.74, 6) is -2.53. The molecule has 3 rings (SSSR count). The SMILES string of the molecule is COc1ccccc1C(=O)NN1C[C@@H](C(=O)OCC(=O)Nc2ccccc2)CC1=O. The third-order valence-corrected chi connectivity index (χ3v) is 4.45. The van der Waals surface area contributed by atoms with E-state index in [1.54, 1.807) is 48.5 Å². The van der Waals surface area contributed by atoms with Crippen molar-refractivity contribution in [2.75, 3.05) is 25.6 Å². The number of methoxy groups -OCH3 is 1. The fraction of sp³-hybridized carbons (Fsp3) is 0.238. The summed E-state index contributed by atoms with van der Waals surface area (Å²) < 4.78 is 10.2. The van der Waals surface area contributed by atoms with Crippen molar-refractivity contribution < 1.29 is 28.7 Å². The quantitative estimate of drug-likeness (QED) is 0.665. The van der Waals surface area contributed by atoms with E-state index in [0.717, 1.165) is 5.01 Å². The smallest absolute Gasteiger partial charge is 0.311 e. The van der Waals surface area contributed by atoms with Crippen LogP contribution in [0, 0.1) is 5.92 Å². The predicted molar refractivity (Wildman–Crippen MR) is 106 cm³/mol. The molecule has 1 heterocycles. The molecule has 0 aliphatic carbocycles. The highest BCUT2D eigenvalue weighted by molar-refractivity contribution is 5.98. The minimum absolute atomic E-state index is 0.0428. The predicted octanol–water partition coefficient (Wildman–Crippen LogP) is 1.37. The minimum atomic E-state index is -0.778. The van der Waals surface area contributed by atoms with Gasteiger partial charge in [0.05, 0.1) is 25.1 Å². The molecule has 9 nitrogen and oxygen atoms in total. The van der Waals surface area contributed by atoms with Crippen LogP contribution in [0.2, 0.25) is 0 Å². The Bertz CT molecular complexity index is 947. The zero-order chi connectivity index (χ0) is 21.5. The maximum absolute atomic E-state index is 12.4. The van der Waals surface area contributed by atoms with E-state index in [1.807, 2.05) is 6.07 Å². The zero-order valence-electron chi connectivity index (χ0n) is 16.3. The largest absolute Gasteiger partial charge is 0.496 e. The van der Waals surface area contributed by atoms with Gasteiger partial charge in [-0.15, -0.1) is 0 Å². The molecule has 0 bridgehead atoms. The lowest BCUT2D eigenvalue weighted by molar-refractivity contribution is -0.151. The zero-order valence-corrected chi connectivity index (χ0v) is 16.3. The maximum Gasteiger partial charge on any atom is 0.311 e. The third kappa shape index (κ3) is 5.13. The monoisotopic (exact) mass is 411 g/mol. The van der Waals surface area contributed by atoms with Gasteiger partial charge >= 0.3 is 5.97 Å². The van der Waals surface area contributed by atoms with Gasteiger partial charge < -0.3 is 14.8 Å². The number of hydrazine groups is 1. The molecule has 1 aliphatic heterocycles. The van der Waals surface area contributed by atoms with Crippen LogP contribution in [0.25, 0.3) is 0 Å². The van der Waals surface area contributed by atoms with Crippen LogP contribution in [-0.2, 0) is 19.1 Å². The fourth-order valence-electron chi connectivity index (χ4n) is 2.96. The van der Waals surface area contributed by atoms with Crippen molar-refractivity contribution >= 4 is 29.4 Å². The standard InChI is InChI=1S/C21H21N3O6/c1-29-17-10-6-5-9-16(17)20(27)23-24-12-14(11-19(24)26)21(28)30-13-18(25)22-15-7-3-2-4-8-15/h2-10,14H,11-13H2,1H3,(H,22,25)(H,23,27)/t14-/m0/s1. The molecule has 2 aromatic carbocycles. The number of ether oxygens (including phenoxy) is 2. The number of carbonyl (C=O) groups is 4. The molecular weight excluding hydrogens is 390 g/mol. The van der Waals surface area contributed by atoms with Gasteiger partial charge in [-0.2, -0.15) is 0 Å². The Balaban J connectivity index is 1.50. The van der Waals surface area contributed by atoms with E-state index < -0.39 is 36.2 Å². The molecular formula is C21H21N3O6. The molecule has 3 amide bonds. The molecule has 2 N–H and O–H groups in total. The molecule has 0 radical (unpaired) electrons. The molecule has 1 atom stereocenters. The highest BCUT2D eigenvalue weighted by Crippen LogP contribution is 2.20. The summed E-state index contributed by atoms with van der Waals surface area (Å²) in [4.78, 5) is 48.7. The summed E-state index contributed by atoms with van der Waals surface area (Å²) in [6, 6.07) is 15.3. The Hall–Kier alpha value is -3.88. The van der Waals surface area contributed by atoms with Crippen molar-refractivity contribution in [3.05, 3.63) is 60.2 Å². The van der Waals surface area contributed by atoms with Gasteiger partial charge in [-0.1, -0.05) is 30.3 Å². The first-order chi connectivity index (χ1) is 14.5. The summed E-state index contributed by atoms with van der Waals surface area (Å²) in [6.45, 7) is -0.509. The summed E-state index contributed by atoms with van der Waals surface area (Å²) in [5, 5.41) is 3.67. The average molecular weight is 411 g/mol. The van der Waals surface area contributed by atoms with Crippen LogP contribution in [0.5, 0.6) is 5.75 Å². The summed E-state index contributed by atoms with van der Waals surface area (Å²) in [6.07, 6.45) is -0.120. The van der Waals surface area contributed by atoms with E-state index in [2.05, 4.69) is 10.7 Å². The third-order valence-electron chi connectivity index (χ3n) is 4.45. The van der Waals surface area contributed by atoms with E-state index in [9.17, 15) is 19.2 Å². The van der Waals surface area contributed by atoms with Gasteiger partial charge in [0.1, 0.15) is 5.75 Å². The van der Waals surface area contributed by atoms with Crippen molar-refractivity contribution in [3.8, 4) is 5.75 Å². The number of nitrogens with zero attached hydrogens (tertiary/aromatic N) is 1. The first-order valence-electron chi connectivity index (χ1n) is 9.24. The highest BCUT2D eigenvalue weighted by atomic mass is 16.5. The molecule has 2 aromatic rings. The van der Waals surface area contributed by atoms with Crippen LogP contribution in [0.15, 0.2) is 54.6 Å². The Morgan fingerprint density at radius 3 is 2.50 bits per heavy atom. The second-order valence-corrected chi connectivity index (χ2v) is 6.57. The molecule has 9 heteroatoms. The number of para-hydroxylation sites is 2. The van der Waals surface area contributed by atoms with Crippen molar-refractivity contribution in [1.29, 1.82) is 0 Å². The molecule has 156 valence electrons. The van der Waals surface area contributed by atoms with Crippen LogP contribution in [0.1, 0.15) is 16.8 Å². The molecule has 1 saturated heterocycles. The van der Waals surface area contributed by atoms with Gasteiger partial charge in [0.25, 0.3) is 11.8 Å². The van der Waals surface area contributed by atoms with Crippen LogP contribution >= 0.6 is 0 Å². The topological polar surface area (TPSA) is 114 Å². The number of nitrogens with one attached hydrogen (secondary N) is 2. The summed E-state index contributed by atoms with van der Waals surface area (Å²) in [7, 11) is 1.44. The molecule has 1 fully saturated rings. The second kappa shape index (κ2) is 9.55. The average Bonchev–Trinajstić information content (AvgIpc) is 3.13. The lowest BCUT2D eigenvalue weighted by Gasteiger charge is -2.18. The number of hydrogen-bond donors (Lipinski definition) is 2. The lowest BCUT2D eigenvalue weighted by atomic mass is 10.1. The van der Waals surface area contributed by atoms with E-state index in [4.69, 9.17) is 9.47 Å². The number of carbonyl (C=O) groups excluding carboxylic acids is 4. The van der Waals surface area contributed by atoms with Gasteiger partial charge in [-0.3, -0.25) is 29.6 Å². The maximum atomic E-state index is 12.4. The molecule has 1 aliphatic rings. The van der Waals surface area contributed by atoms with Crippen LogP contribution < -0.4 is 15.5 Å². The van der Waals surface area contributed by atoms with E-state index in [1.165, 1.54) is 7.11 Å². The number of hydrogen-bond acceptors (Lipinski definition) is 6. The van der Waals surface area contributed by atoms with Gasteiger partial charge in [0, 0.05) is 12.1 Å². The van der Waals surface area contributed by atoms with Gasteiger partial charge in [-0.25, -0.2) is 0 Å². The van der Waals surface area contributed by atoms with Gasteiger partial charge in [-0.05, 0) is 24.3 Å². The van der Waals surface area contributed by atoms with Crippen LogP contribution in [0.3, 0.4) is 0 Å². The highest BCUT2D eigenvalue weighted by Gasteiger charge is 2.37. The molecule has 0 aromatic heterocycles. The molecule has 30 heavy (non-hydrogen) atoms. The normalized spacial score (nSPS) is 15.4. The lowest BCUT2D eigenvalue weighted by Crippen LogP contribution is -2.43. The van der Waals surface area contributed by atoms with E-state index in [0.29, 0.717) is 11.4 Å². The van der Waals surface area contributed by atoms with Crippen molar-refractivity contribution in [2.24, 2.45) is 5.92 Å². The number of amides is 3. The Morgan fingerprint density at radius 2 is 1.77 bits per heavy atom. The number of benzene rings is 2. The fourth-order valence-corrected chi connectivity index (χ4v) is 2.96. The first-order valence-corrected chi connectivity index (χ1v) is 9.24. The van der Waals surface area contributed by atoms with Crippen LogP contribution in [0.4, 0.5) is 5.69 Å². The molecule has 0 saturated carbocycles. The van der Waals surface area contributed by atoms with Gasteiger partial charge in [0.2, 0.25) is 5.91 Å². The molecule has 0 unspecified atom stereocenters. The number of esters is 1. The van der Waals surface area contributed by atoms with Gasteiger partial charge in [0.15, 0.2) is 6.61 Å². The van der Waals surface area contributed by atoms with E-state index >= 15 is 0 Å². The number of rotatable bonds is 7. The Morgan fingerprint density at radius 1 is 1.07 bits per heavy atom. The summed E-state index contributed by atoms with van der Waals surface area (Å²) in [5.41, 5.74) is 3.32. The Kier molecular flexibility index (Phi) is 6.63. The number of anilines is 1. The van der Waals surface area contributed by atoms with Crippen molar-refractivity contribution in [2.45, 2.75) is 6.42 Å². The first kappa shape index (κ1) is 20.8. The second-order valence-electron chi connectivity index (χ2n) is 6.57. The molecule has 0 spiro atoms. The minimum Gasteiger partial charge on any atom is -0.496 e. The van der Waals surface area contributed by atoms with Crippen molar-refractivity contribution in [1.82, 2.24) is 10.4 Å². The summed E-state index contributed by atoms with van der Waals surface area (Å²) >= 11 is 0. The van der Waals surface area contributed by atoms with Crippen LogP contribution in [-0.4, -0.2) is 49.0 Å².